The molecule has 1 aromatic rings. The van der Waals surface area contributed by atoms with Gasteiger partial charge in [0.25, 0.3) is 0 Å². The zero-order valence-electron chi connectivity index (χ0n) is 13.1. The van der Waals surface area contributed by atoms with Crippen molar-refractivity contribution < 1.29 is 4.42 Å². The van der Waals surface area contributed by atoms with Crippen molar-refractivity contribution >= 4 is 6.01 Å². The standard InChI is InChI=1S/C15H28N4O/c1-5-12-6-7-13(11(12)4)17-15-19-18-14(20-15)9-16-8-10(2)3/h10-13,16H,5-9H2,1-4H3,(H,17,19). The molecule has 5 heteroatoms. The molecule has 2 rings (SSSR count). The van der Waals surface area contributed by atoms with E-state index < -0.39 is 0 Å². The number of rotatable bonds is 7. The number of hydrogen-bond donors (Lipinski definition) is 2. The van der Waals surface area contributed by atoms with Gasteiger partial charge in [0.2, 0.25) is 5.89 Å². The molecule has 1 saturated carbocycles. The van der Waals surface area contributed by atoms with E-state index in [9.17, 15) is 0 Å². The van der Waals surface area contributed by atoms with Crippen molar-refractivity contribution in [1.82, 2.24) is 15.5 Å². The minimum absolute atomic E-state index is 0.469. The fourth-order valence-corrected chi connectivity index (χ4v) is 3.04. The van der Waals surface area contributed by atoms with E-state index in [1.807, 2.05) is 0 Å². The summed E-state index contributed by atoms with van der Waals surface area (Å²) in [5, 5.41) is 14.9. The van der Waals surface area contributed by atoms with Crippen LogP contribution in [-0.4, -0.2) is 22.8 Å². The van der Waals surface area contributed by atoms with Crippen LogP contribution in [0.3, 0.4) is 0 Å². The number of aromatic nitrogens is 2. The van der Waals surface area contributed by atoms with Gasteiger partial charge in [0.1, 0.15) is 0 Å². The Morgan fingerprint density at radius 3 is 2.75 bits per heavy atom. The Labute approximate surface area is 121 Å². The summed E-state index contributed by atoms with van der Waals surface area (Å²) in [6.45, 7) is 10.6. The third-order valence-corrected chi connectivity index (χ3v) is 4.36. The summed E-state index contributed by atoms with van der Waals surface area (Å²) >= 11 is 0. The van der Waals surface area contributed by atoms with E-state index in [2.05, 4.69) is 48.5 Å². The molecular weight excluding hydrogens is 252 g/mol. The third kappa shape index (κ3) is 3.95. The Morgan fingerprint density at radius 2 is 2.10 bits per heavy atom. The molecule has 3 unspecified atom stereocenters. The number of anilines is 1. The highest BCUT2D eigenvalue weighted by atomic mass is 16.4. The lowest BCUT2D eigenvalue weighted by Crippen LogP contribution is -2.24. The largest absolute Gasteiger partial charge is 0.407 e. The molecule has 114 valence electrons. The lowest BCUT2D eigenvalue weighted by atomic mass is 9.94. The first kappa shape index (κ1) is 15.3. The maximum absolute atomic E-state index is 5.65. The number of nitrogens with one attached hydrogen (secondary N) is 2. The summed E-state index contributed by atoms with van der Waals surface area (Å²) in [6, 6.07) is 1.04. The van der Waals surface area contributed by atoms with E-state index in [0.717, 1.165) is 12.5 Å². The summed E-state index contributed by atoms with van der Waals surface area (Å²) < 4.78 is 5.65. The number of nitrogens with zero attached hydrogens (tertiary/aromatic N) is 2. The SMILES string of the molecule is CCC1CCC(Nc2nnc(CNCC(C)C)o2)C1C. The lowest BCUT2D eigenvalue weighted by molar-refractivity contribution is 0.385. The summed E-state index contributed by atoms with van der Waals surface area (Å²) in [4.78, 5) is 0. The zero-order valence-corrected chi connectivity index (χ0v) is 13.1. The average molecular weight is 280 g/mol. The molecule has 3 atom stereocenters. The maximum Gasteiger partial charge on any atom is 0.315 e. The van der Waals surface area contributed by atoms with Crippen molar-refractivity contribution in [3.63, 3.8) is 0 Å². The molecule has 5 nitrogen and oxygen atoms in total. The van der Waals surface area contributed by atoms with Gasteiger partial charge in [0, 0.05) is 6.04 Å². The molecule has 1 fully saturated rings. The van der Waals surface area contributed by atoms with Crippen LogP contribution < -0.4 is 10.6 Å². The molecule has 0 aliphatic heterocycles. The van der Waals surface area contributed by atoms with Gasteiger partial charge in [-0.1, -0.05) is 39.2 Å². The summed E-state index contributed by atoms with van der Waals surface area (Å²) in [7, 11) is 0. The second kappa shape index (κ2) is 7.07. The van der Waals surface area contributed by atoms with Crippen LogP contribution in [0.5, 0.6) is 0 Å². The molecular formula is C15H28N4O. The zero-order chi connectivity index (χ0) is 14.5. The van der Waals surface area contributed by atoms with Crippen LogP contribution in [0.4, 0.5) is 6.01 Å². The quantitative estimate of drug-likeness (QED) is 0.803. The van der Waals surface area contributed by atoms with Crippen LogP contribution in [0.25, 0.3) is 0 Å². The first-order valence-electron chi connectivity index (χ1n) is 7.89. The van der Waals surface area contributed by atoms with E-state index in [1.165, 1.54) is 19.3 Å². The molecule has 0 bridgehead atoms. The Kier molecular flexibility index (Phi) is 5.40. The van der Waals surface area contributed by atoms with E-state index in [1.54, 1.807) is 0 Å². The molecule has 0 aromatic carbocycles. The van der Waals surface area contributed by atoms with E-state index in [4.69, 9.17) is 4.42 Å². The molecule has 0 radical (unpaired) electrons. The Hall–Kier alpha value is -1.10. The second-order valence-corrected chi connectivity index (χ2v) is 6.38. The van der Waals surface area contributed by atoms with Gasteiger partial charge in [-0.15, -0.1) is 5.10 Å². The predicted molar refractivity (Wildman–Crippen MR) is 80.4 cm³/mol. The molecule has 20 heavy (non-hydrogen) atoms. The average Bonchev–Trinajstić information content (AvgIpc) is 2.98. The smallest absolute Gasteiger partial charge is 0.315 e. The van der Waals surface area contributed by atoms with Gasteiger partial charge >= 0.3 is 6.01 Å². The topological polar surface area (TPSA) is 63.0 Å². The minimum Gasteiger partial charge on any atom is -0.407 e. The van der Waals surface area contributed by atoms with Gasteiger partial charge in [-0.25, -0.2) is 0 Å². The van der Waals surface area contributed by atoms with Gasteiger partial charge in [-0.3, -0.25) is 0 Å². The monoisotopic (exact) mass is 280 g/mol. The fourth-order valence-electron chi connectivity index (χ4n) is 3.04. The highest BCUT2D eigenvalue weighted by Gasteiger charge is 2.32. The summed E-state index contributed by atoms with van der Waals surface area (Å²) in [6.07, 6.45) is 3.75. The van der Waals surface area contributed by atoms with Gasteiger partial charge in [-0.05, 0) is 37.1 Å². The van der Waals surface area contributed by atoms with Gasteiger partial charge in [-0.2, -0.15) is 0 Å². The molecule has 2 N–H and O–H groups in total. The Bertz CT molecular complexity index is 404. The van der Waals surface area contributed by atoms with Crippen LogP contribution in [-0.2, 0) is 6.54 Å². The van der Waals surface area contributed by atoms with Gasteiger partial charge < -0.3 is 15.1 Å². The summed E-state index contributed by atoms with van der Waals surface area (Å²) in [5.41, 5.74) is 0. The van der Waals surface area contributed by atoms with E-state index >= 15 is 0 Å². The van der Waals surface area contributed by atoms with Crippen LogP contribution in [0.1, 0.15) is 52.8 Å². The first-order chi connectivity index (χ1) is 9.60. The molecule has 0 spiro atoms. The van der Waals surface area contributed by atoms with Crippen molar-refractivity contribution in [2.24, 2.45) is 17.8 Å². The molecule has 1 heterocycles. The maximum atomic E-state index is 5.65. The van der Waals surface area contributed by atoms with Gasteiger partial charge in [0.05, 0.1) is 6.54 Å². The van der Waals surface area contributed by atoms with Crippen molar-refractivity contribution in [1.29, 1.82) is 0 Å². The molecule has 0 saturated heterocycles. The normalized spacial score (nSPS) is 26.4. The predicted octanol–water partition coefficient (Wildman–Crippen LogP) is 3.05. The molecule has 1 aliphatic carbocycles. The van der Waals surface area contributed by atoms with Crippen molar-refractivity contribution in [2.45, 2.75) is 59.5 Å². The van der Waals surface area contributed by atoms with Gasteiger partial charge in [0.15, 0.2) is 0 Å². The fraction of sp³-hybridized carbons (Fsp3) is 0.867. The van der Waals surface area contributed by atoms with Crippen molar-refractivity contribution in [3.05, 3.63) is 5.89 Å². The lowest BCUT2D eigenvalue weighted by Gasteiger charge is -2.19. The van der Waals surface area contributed by atoms with E-state index in [-0.39, 0.29) is 0 Å². The molecule has 1 aliphatic rings. The van der Waals surface area contributed by atoms with Crippen LogP contribution in [0.2, 0.25) is 0 Å². The van der Waals surface area contributed by atoms with Crippen LogP contribution in [0, 0.1) is 17.8 Å². The third-order valence-electron chi connectivity index (χ3n) is 4.36. The Morgan fingerprint density at radius 1 is 1.30 bits per heavy atom. The van der Waals surface area contributed by atoms with Crippen molar-refractivity contribution in [3.8, 4) is 0 Å². The van der Waals surface area contributed by atoms with Crippen LogP contribution in [0.15, 0.2) is 4.42 Å². The second-order valence-electron chi connectivity index (χ2n) is 6.38. The van der Waals surface area contributed by atoms with E-state index in [0.29, 0.717) is 36.3 Å². The molecule has 1 aromatic heterocycles. The molecule has 0 amide bonds. The highest BCUT2D eigenvalue weighted by Crippen LogP contribution is 2.35. The minimum atomic E-state index is 0.469. The van der Waals surface area contributed by atoms with Crippen LogP contribution >= 0.6 is 0 Å². The van der Waals surface area contributed by atoms with Crippen molar-refractivity contribution in [2.75, 3.05) is 11.9 Å². The first-order valence-corrected chi connectivity index (χ1v) is 7.89. The summed E-state index contributed by atoms with van der Waals surface area (Å²) in [5.74, 6) is 2.78. The number of hydrogen-bond acceptors (Lipinski definition) is 5. The Balaban J connectivity index is 1.81. The highest BCUT2D eigenvalue weighted by molar-refractivity contribution is 5.21.